The summed E-state index contributed by atoms with van der Waals surface area (Å²) in [5, 5.41) is 17.9. The van der Waals surface area contributed by atoms with E-state index in [9.17, 15) is 28.3 Å². The molecule has 11 nitrogen and oxygen atoms in total. The fraction of sp³-hybridized carbons (Fsp3) is 0.355. The standard InChI is InChI=1S/C31H31F2N5O6/c1-17-10-11-31(38(18(2)35-44-31)14-19-4-8-22(43-3)9-5-19)25-16-36(17)30(42)26-28(40)27(39)23(15-37(25)26)29(41)34-13-20-6-7-21(32)12-24(20)33/h4-9,12,15,17,25,40H,10-11,13-14,16H2,1-3H3,(H,34,41)/t17-,25+,31?/m0/s1. The molecule has 6 rings (SSSR count). The van der Waals surface area contributed by atoms with Gasteiger partial charge in [-0.2, -0.15) is 0 Å². The number of carbonyl (C=O) groups excluding carboxylic acids is 2. The lowest BCUT2D eigenvalue weighted by Crippen LogP contribution is -2.58. The number of rotatable bonds is 6. The van der Waals surface area contributed by atoms with Crippen LogP contribution in [0.3, 0.4) is 0 Å². The number of pyridine rings is 1. The molecule has 0 aliphatic carbocycles. The van der Waals surface area contributed by atoms with Crippen molar-refractivity contribution in [3.05, 3.63) is 92.9 Å². The van der Waals surface area contributed by atoms with Crippen LogP contribution in [0.25, 0.3) is 0 Å². The van der Waals surface area contributed by atoms with Gasteiger partial charge in [-0.25, -0.2) is 8.78 Å². The molecule has 0 radical (unpaired) electrons. The molecule has 13 heteroatoms. The molecule has 3 aliphatic heterocycles. The van der Waals surface area contributed by atoms with Gasteiger partial charge in [0.15, 0.2) is 11.4 Å². The van der Waals surface area contributed by atoms with Crippen LogP contribution in [0.4, 0.5) is 8.78 Å². The van der Waals surface area contributed by atoms with Gasteiger partial charge in [0.25, 0.3) is 11.8 Å². The molecule has 1 fully saturated rings. The number of carbonyl (C=O) groups is 2. The molecule has 230 valence electrons. The zero-order chi connectivity index (χ0) is 31.3. The normalized spacial score (nSPS) is 22.3. The van der Waals surface area contributed by atoms with E-state index in [1.165, 1.54) is 16.8 Å². The summed E-state index contributed by atoms with van der Waals surface area (Å²) in [6, 6.07) is 9.55. The molecule has 3 aromatic rings. The summed E-state index contributed by atoms with van der Waals surface area (Å²) < 4.78 is 34.2. The lowest BCUT2D eigenvalue weighted by molar-refractivity contribution is -0.142. The number of fused-ring (bicyclic) bond motifs is 5. The number of aromatic nitrogens is 1. The Morgan fingerprint density at radius 1 is 1.20 bits per heavy atom. The predicted octanol–water partition coefficient (Wildman–Crippen LogP) is 3.51. The fourth-order valence-corrected chi connectivity index (χ4v) is 6.25. The molecule has 4 heterocycles. The summed E-state index contributed by atoms with van der Waals surface area (Å²) in [6.07, 6.45) is 2.23. The molecular weight excluding hydrogens is 576 g/mol. The van der Waals surface area contributed by atoms with E-state index < -0.39 is 52.0 Å². The maximum absolute atomic E-state index is 14.2. The summed E-state index contributed by atoms with van der Waals surface area (Å²) >= 11 is 0. The van der Waals surface area contributed by atoms with Crippen molar-refractivity contribution in [3.8, 4) is 11.5 Å². The maximum atomic E-state index is 14.2. The molecule has 3 aliphatic rings. The number of ether oxygens (including phenoxy) is 1. The largest absolute Gasteiger partial charge is 0.503 e. The van der Waals surface area contributed by atoms with Gasteiger partial charge < -0.3 is 34.4 Å². The molecule has 1 spiro atoms. The molecule has 1 saturated heterocycles. The van der Waals surface area contributed by atoms with E-state index in [2.05, 4.69) is 10.5 Å². The van der Waals surface area contributed by atoms with E-state index in [1.807, 2.05) is 43.0 Å². The van der Waals surface area contributed by atoms with Gasteiger partial charge in [-0.1, -0.05) is 23.4 Å². The number of amides is 2. The average molecular weight is 608 g/mol. The number of methoxy groups -OCH3 is 1. The molecule has 1 unspecified atom stereocenters. The predicted molar refractivity (Wildman–Crippen MR) is 154 cm³/mol. The van der Waals surface area contributed by atoms with Crippen LogP contribution in [0, 0.1) is 11.6 Å². The Morgan fingerprint density at radius 2 is 1.95 bits per heavy atom. The minimum atomic E-state index is -1.13. The smallest absolute Gasteiger partial charge is 0.274 e. The highest BCUT2D eigenvalue weighted by atomic mass is 19.1. The van der Waals surface area contributed by atoms with Gasteiger partial charge in [-0.05, 0) is 44.0 Å². The van der Waals surface area contributed by atoms with E-state index in [0.29, 0.717) is 37.0 Å². The molecule has 2 bridgehead atoms. The van der Waals surface area contributed by atoms with Gasteiger partial charge in [0.2, 0.25) is 11.2 Å². The number of halogens is 2. The zero-order valence-electron chi connectivity index (χ0n) is 24.3. The molecular formula is C31H31F2N5O6. The number of amidine groups is 1. The number of aromatic hydroxyl groups is 1. The lowest BCUT2D eigenvalue weighted by atomic mass is 9.93. The first-order valence-corrected chi connectivity index (χ1v) is 14.2. The van der Waals surface area contributed by atoms with Gasteiger partial charge in [0.1, 0.15) is 34.8 Å². The first-order chi connectivity index (χ1) is 21.0. The quantitative estimate of drug-likeness (QED) is 0.439. The first-order valence-electron chi connectivity index (χ1n) is 14.2. The van der Waals surface area contributed by atoms with Crippen LogP contribution >= 0.6 is 0 Å². The number of nitrogens with zero attached hydrogens (tertiary/aromatic N) is 4. The molecule has 0 saturated carbocycles. The Balaban J connectivity index is 1.41. The second-order valence-electron chi connectivity index (χ2n) is 11.3. The maximum Gasteiger partial charge on any atom is 0.274 e. The van der Waals surface area contributed by atoms with Crippen LogP contribution in [-0.2, 0) is 17.9 Å². The van der Waals surface area contributed by atoms with Crippen LogP contribution < -0.4 is 15.5 Å². The van der Waals surface area contributed by atoms with E-state index >= 15 is 0 Å². The van der Waals surface area contributed by atoms with Crippen LogP contribution in [0.2, 0.25) is 0 Å². The van der Waals surface area contributed by atoms with E-state index in [-0.39, 0.29) is 30.4 Å². The van der Waals surface area contributed by atoms with Gasteiger partial charge in [0, 0.05) is 49.9 Å². The second kappa shape index (κ2) is 11.0. The van der Waals surface area contributed by atoms with Crippen LogP contribution in [0.5, 0.6) is 11.5 Å². The van der Waals surface area contributed by atoms with E-state index in [4.69, 9.17) is 9.57 Å². The van der Waals surface area contributed by atoms with Crippen molar-refractivity contribution in [2.75, 3.05) is 13.7 Å². The molecule has 2 aromatic carbocycles. The molecule has 44 heavy (non-hydrogen) atoms. The van der Waals surface area contributed by atoms with Gasteiger partial charge >= 0.3 is 0 Å². The van der Waals surface area contributed by atoms with Crippen molar-refractivity contribution >= 4 is 17.6 Å². The Hall–Kier alpha value is -4.94. The van der Waals surface area contributed by atoms with Crippen LogP contribution in [0.1, 0.15) is 64.7 Å². The highest BCUT2D eigenvalue weighted by Gasteiger charge is 2.57. The van der Waals surface area contributed by atoms with Gasteiger partial charge in [-0.3, -0.25) is 14.4 Å². The Kier molecular flexibility index (Phi) is 7.26. The highest BCUT2D eigenvalue weighted by Crippen LogP contribution is 2.47. The molecule has 3 atom stereocenters. The third-order valence-corrected chi connectivity index (χ3v) is 8.73. The molecule has 2 amide bonds. The topological polar surface area (TPSA) is 126 Å². The zero-order valence-corrected chi connectivity index (χ0v) is 24.3. The minimum absolute atomic E-state index is 0.00529. The lowest BCUT2D eigenvalue weighted by Gasteiger charge is -2.45. The first kappa shape index (κ1) is 29.1. The third-order valence-electron chi connectivity index (χ3n) is 8.73. The van der Waals surface area contributed by atoms with Crippen LogP contribution in [-0.4, -0.2) is 62.5 Å². The summed E-state index contributed by atoms with van der Waals surface area (Å²) in [5.74, 6) is -2.63. The SMILES string of the molecule is COc1ccc(CN2C(C)=NOC23CC[C@H](C)N2C[C@H]3n3cc(C(=O)NCc4ccc(F)cc4F)c(=O)c(O)c3C2=O)cc1. The Labute approximate surface area is 251 Å². The molecule has 2 N–H and O–H groups in total. The highest BCUT2D eigenvalue weighted by molar-refractivity contribution is 5.99. The number of hydrogen-bond donors (Lipinski definition) is 2. The Bertz CT molecular complexity index is 1740. The number of hydrogen-bond acceptors (Lipinski definition) is 8. The average Bonchev–Trinajstić information content (AvgIpc) is 3.25. The Morgan fingerprint density at radius 3 is 2.66 bits per heavy atom. The van der Waals surface area contributed by atoms with Crippen molar-refractivity contribution in [3.63, 3.8) is 0 Å². The summed E-state index contributed by atoms with van der Waals surface area (Å²) in [5.41, 5.74) is -1.92. The van der Waals surface area contributed by atoms with Crippen molar-refractivity contribution in [2.24, 2.45) is 5.16 Å². The second-order valence-corrected chi connectivity index (χ2v) is 11.3. The van der Waals surface area contributed by atoms with E-state index in [1.54, 1.807) is 12.0 Å². The summed E-state index contributed by atoms with van der Waals surface area (Å²) in [4.78, 5) is 50.0. The number of nitrogens with one attached hydrogen (secondary N) is 1. The summed E-state index contributed by atoms with van der Waals surface area (Å²) in [7, 11) is 1.59. The number of oxime groups is 1. The van der Waals surface area contributed by atoms with Crippen molar-refractivity contribution in [2.45, 2.75) is 57.6 Å². The minimum Gasteiger partial charge on any atom is -0.503 e. The van der Waals surface area contributed by atoms with E-state index in [0.717, 1.165) is 11.6 Å². The van der Waals surface area contributed by atoms with Gasteiger partial charge in [-0.15, -0.1) is 0 Å². The number of benzene rings is 2. The van der Waals surface area contributed by atoms with Gasteiger partial charge in [0.05, 0.1) is 7.11 Å². The van der Waals surface area contributed by atoms with Crippen LogP contribution in [0.15, 0.2) is 58.6 Å². The van der Waals surface area contributed by atoms with Crippen molar-refractivity contribution in [1.29, 1.82) is 0 Å². The van der Waals surface area contributed by atoms with Crippen molar-refractivity contribution in [1.82, 2.24) is 19.7 Å². The molecule has 1 aromatic heterocycles. The third kappa shape index (κ3) is 4.72. The monoisotopic (exact) mass is 607 g/mol. The summed E-state index contributed by atoms with van der Waals surface area (Å²) in [6.45, 7) is 3.94. The fourth-order valence-electron chi connectivity index (χ4n) is 6.25. The van der Waals surface area contributed by atoms with Crippen molar-refractivity contribution < 1.29 is 33.1 Å².